The van der Waals surface area contributed by atoms with Crippen LogP contribution in [0.2, 0.25) is 0 Å². The molecule has 3 aliphatic carbocycles. The highest BCUT2D eigenvalue weighted by atomic mass is 16.3. The molecule has 0 heterocycles. The zero-order valence-corrected chi connectivity index (χ0v) is 9.37. The third kappa shape index (κ3) is 1.19. The van der Waals surface area contributed by atoms with E-state index in [4.69, 9.17) is 0 Å². The molecular formula is C12H21BO. The molecule has 14 heavy (non-hydrogen) atoms. The Hall–Kier alpha value is 0.0249. The van der Waals surface area contributed by atoms with Gasteiger partial charge in [0.15, 0.2) is 0 Å². The molecule has 3 fully saturated rings. The molecule has 3 rings (SSSR count). The Morgan fingerprint density at radius 3 is 2.00 bits per heavy atom. The number of fused-ring (bicyclic) bond motifs is 5. The number of aliphatic hydroxyl groups is 1. The summed E-state index contributed by atoms with van der Waals surface area (Å²) in [5, 5.41) is 10.1. The van der Waals surface area contributed by atoms with Crippen molar-refractivity contribution in [3.05, 3.63) is 0 Å². The summed E-state index contributed by atoms with van der Waals surface area (Å²) < 4.78 is 0. The van der Waals surface area contributed by atoms with Crippen LogP contribution in [-0.4, -0.2) is 18.5 Å². The van der Waals surface area contributed by atoms with Gasteiger partial charge >= 0.3 is 0 Å². The van der Waals surface area contributed by atoms with E-state index in [-0.39, 0.29) is 0 Å². The summed E-state index contributed by atoms with van der Waals surface area (Å²) in [6, 6.07) is 0. The first kappa shape index (κ1) is 9.27. The average molecular weight is 192 g/mol. The fraction of sp³-hybridized carbons (Fsp3) is 1.00. The summed E-state index contributed by atoms with van der Waals surface area (Å²) in [7, 11) is 2.00. The second kappa shape index (κ2) is 2.78. The SMILES string of the molecule is BC(C)(O)C1CC2C3CCC(C3)C2C1. The van der Waals surface area contributed by atoms with Crippen LogP contribution >= 0.6 is 0 Å². The highest BCUT2D eigenvalue weighted by molar-refractivity contribution is 6.14. The lowest BCUT2D eigenvalue weighted by Gasteiger charge is -2.26. The summed E-state index contributed by atoms with van der Waals surface area (Å²) in [5.74, 6) is 4.64. The topological polar surface area (TPSA) is 20.2 Å². The summed E-state index contributed by atoms with van der Waals surface area (Å²) in [5.41, 5.74) is -0.427. The molecule has 0 saturated heterocycles. The molecule has 2 bridgehead atoms. The summed E-state index contributed by atoms with van der Waals surface area (Å²) in [4.78, 5) is 0. The first-order valence-corrected chi connectivity index (χ1v) is 6.28. The van der Waals surface area contributed by atoms with Gasteiger partial charge in [0.1, 0.15) is 7.85 Å². The van der Waals surface area contributed by atoms with E-state index in [1.165, 1.54) is 32.1 Å². The maximum Gasteiger partial charge on any atom is 0.142 e. The van der Waals surface area contributed by atoms with Crippen LogP contribution in [0, 0.1) is 29.6 Å². The minimum atomic E-state index is -0.427. The molecule has 0 aromatic carbocycles. The minimum Gasteiger partial charge on any atom is -0.399 e. The van der Waals surface area contributed by atoms with Crippen LogP contribution < -0.4 is 0 Å². The van der Waals surface area contributed by atoms with E-state index in [2.05, 4.69) is 0 Å². The van der Waals surface area contributed by atoms with Crippen molar-refractivity contribution < 1.29 is 5.11 Å². The Kier molecular flexibility index (Phi) is 1.84. The second-order valence-electron chi connectivity index (χ2n) is 6.48. The Labute approximate surface area is 87.7 Å². The smallest absolute Gasteiger partial charge is 0.142 e. The second-order valence-corrected chi connectivity index (χ2v) is 6.48. The molecule has 3 aliphatic rings. The Morgan fingerprint density at radius 1 is 1.07 bits per heavy atom. The first-order valence-electron chi connectivity index (χ1n) is 6.28. The normalized spacial score (nSPS) is 54.6. The number of rotatable bonds is 1. The maximum absolute atomic E-state index is 10.1. The Morgan fingerprint density at radius 2 is 1.57 bits per heavy atom. The number of hydrogen-bond donors (Lipinski definition) is 1. The predicted octanol–water partition coefficient (Wildman–Crippen LogP) is 1.40. The first-order chi connectivity index (χ1) is 6.55. The molecule has 0 spiro atoms. The predicted molar refractivity (Wildman–Crippen MR) is 59.7 cm³/mol. The molecular weight excluding hydrogens is 171 g/mol. The van der Waals surface area contributed by atoms with Crippen LogP contribution in [0.25, 0.3) is 0 Å². The lowest BCUT2D eigenvalue weighted by Crippen LogP contribution is -2.33. The summed E-state index contributed by atoms with van der Waals surface area (Å²) in [6.07, 6.45) is 7.13. The van der Waals surface area contributed by atoms with E-state index >= 15 is 0 Å². The van der Waals surface area contributed by atoms with Crippen molar-refractivity contribution >= 4 is 7.85 Å². The van der Waals surface area contributed by atoms with Gasteiger partial charge in [-0.15, -0.1) is 0 Å². The van der Waals surface area contributed by atoms with Crippen LogP contribution in [0.4, 0.5) is 0 Å². The van der Waals surface area contributed by atoms with Crippen LogP contribution in [0.1, 0.15) is 39.0 Å². The maximum atomic E-state index is 10.1. The molecule has 1 nitrogen and oxygen atoms in total. The summed E-state index contributed by atoms with van der Waals surface area (Å²) >= 11 is 0. The monoisotopic (exact) mass is 192 g/mol. The zero-order chi connectivity index (χ0) is 9.92. The molecule has 1 N–H and O–H groups in total. The van der Waals surface area contributed by atoms with Crippen molar-refractivity contribution in [2.75, 3.05) is 0 Å². The quantitative estimate of drug-likeness (QED) is 0.622. The van der Waals surface area contributed by atoms with E-state index in [0.717, 1.165) is 23.7 Å². The van der Waals surface area contributed by atoms with Gasteiger partial charge in [0.05, 0.1) is 0 Å². The van der Waals surface area contributed by atoms with Crippen LogP contribution in [0.15, 0.2) is 0 Å². The van der Waals surface area contributed by atoms with Crippen molar-refractivity contribution in [3.8, 4) is 0 Å². The van der Waals surface area contributed by atoms with Crippen molar-refractivity contribution in [2.24, 2.45) is 29.6 Å². The van der Waals surface area contributed by atoms with Crippen LogP contribution in [0.5, 0.6) is 0 Å². The van der Waals surface area contributed by atoms with Gasteiger partial charge in [-0.3, -0.25) is 0 Å². The molecule has 3 saturated carbocycles. The van der Waals surface area contributed by atoms with Gasteiger partial charge in [0.2, 0.25) is 0 Å². The van der Waals surface area contributed by atoms with Crippen molar-refractivity contribution in [2.45, 2.75) is 44.5 Å². The van der Waals surface area contributed by atoms with Gasteiger partial charge in [0.25, 0.3) is 0 Å². The minimum absolute atomic E-state index is 0.427. The average Bonchev–Trinajstić information content (AvgIpc) is 2.74. The van der Waals surface area contributed by atoms with Gasteiger partial charge in [-0.2, -0.15) is 0 Å². The molecule has 2 heteroatoms. The molecule has 0 radical (unpaired) electrons. The fourth-order valence-corrected chi connectivity index (χ4v) is 4.59. The zero-order valence-electron chi connectivity index (χ0n) is 9.37. The molecule has 78 valence electrons. The van der Waals surface area contributed by atoms with E-state index in [1.54, 1.807) is 0 Å². The van der Waals surface area contributed by atoms with Gasteiger partial charge in [-0.1, -0.05) is 0 Å². The number of hydrogen-bond acceptors (Lipinski definition) is 1. The molecule has 5 atom stereocenters. The third-order valence-corrected chi connectivity index (χ3v) is 5.39. The van der Waals surface area contributed by atoms with Crippen LogP contribution in [-0.2, 0) is 0 Å². The third-order valence-electron chi connectivity index (χ3n) is 5.39. The van der Waals surface area contributed by atoms with Gasteiger partial charge < -0.3 is 5.11 Å². The summed E-state index contributed by atoms with van der Waals surface area (Å²) in [6.45, 7) is 2.00. The molecule has 0 aromatic heterocycles. The lowest BCUT2D eigenvalue weighted by atomic mass is 9.71. The van der Waals surface area contributed by atoms with Crippen LogP contribution in [0.3, 0.4) is 0 Å². The van der Waals surface area contributed by atoms with Crippen molar-refractivity contribution in [3.63, 3.8) is 0 Å². The highest BCUT2D eigenvalue weighted by Crippen LogP contribution is 2.61. The standard InChI is InChI=1S/C12H21BO/c1-12(13,14)9-5-10-7-2-3-8(4-7)11(10)6-9/h7-11,14H,2-6,13H2,1H3. The lowest BCUT2D eigenvalue weighted by molar-refractivity contribution is 0.0776. The van der Waals surface area contributed by atoms with E-state index in [9.17, 15) is 5.11 Å². The molecule has 0 aromatic rings. The molecule has 5 unspecified atom stereocenters. The highest BCUT2D eigenvalue weighted by Gasteiger charge is 2.53. The van der Waals surface area contributed by atoms with Gasteiger partial charge in [-0.05, 0) is 68.6 Å². The van der Waals surface area contributed by atoms with E-state index in [1.807, 2.05) is 14.8 Å². The van der Waals surface area contributed by atoms with Gasteiger partial charge in [0, 0.05) is 5.50 Å². The fourth-order valence-electron chi connectivity index (χ4n) is 4.59. The van der Waals surface area contributed by atoms with E-state index < -0.39 is 5.50 Å². The van der Waals surface area contributed by atoms with Crippen molar-refractivity contribution in [1.82, 2.24) is 0 Å². The molecule has 0 aliphatic heterocycles. The Bertz CT molecular complexity index is 227. The van der Waals surface area contributed by atoms with Crippen molar-refractivity contribution in [1.29, 1.82) is 0 Å². The Balaban J connectivity index is 1.77. The largest absolute Gasteiger partial charge is 0.399 e. The van der Waals surface area contributed by atoms with Gasteiger partial charge in [-0.25, -0.2) is 0 Å². The van der Waals surface area contributed by atoms with E-state index in [0.29, 0.717) is 5.92 Å². The molecule has 0 amide bonds.